The van der Waals surface area contributed by atoms with Gasteiger partial charge < -0.3 is 0 Å². The number of ketones is 2. The number of thiophene rings is 2. The topological polar surface area (TPSA) is 34.1 Å². The number of hydrogen-bond donors (Lipinski definition) is 0. The van der Waals surface area contributed by atoms with Gasteiger partial charge in [-0.25, -0.2) is 0 Å². The van der Waals surface area contributed by atoms with Crippen LogP contribution in [0.2, 0.25) is 0 Å². The standard InChI is InChI=1S/C15H14O2S3/c1-10(15(17)13-6-4-8-20-13)14(18-2)9-11(16)12-5-3-7-19-12/h3-10H,1-2H3/b14-9+/t10-/m1/s1. The Labute approximate surface area is 130 Å². The van der Waals surface area contributed by atoms with Crippen LogP contribution in [0.25, 0.3) is 0 Å². The molecule has 0 saturated carbocycles. The number of rotatable bonds is 6. The Kier molecular flexibility index (Phi) is 5.34. The van der Waals surface area contributed by atoms with Gasteiger partial charge in [0, 0.05) is 0 Å². The van der Waals surface area contributed by atoms with Crippen molar-refractivity contribution in [3.63, 3.8) is 0 Å². The average Bonchev–Trinajstić information content (AvgIpc) is 3.15. The summed E-state index contributed by atoms with van der Waals surface area (Å²) < 4.78 is 0. The van der Waals surface area contributed by atoms with Gasteiger partial charge in [0.15, 0.2) is 11.6 Å². The molecule has 0 bridgehead atoms. The summed E-state index contributed by atoms with van der Waals surface area (Å²) >= 11 is 4.31. The fourth-order valence-electron chi connectivity index (χ4n) is 1.74. The quantitative estimate of drug-likeness (QED) is 0.568. The minimum atomic E-state index is -0.285. The Morgan fingerprint density at radius 3 is 2.25 bits per heavy atom. The summed E-state index contributed by atoms with van der Waals surface area (Å²) in [5.41, 5.74) is 0. The molecule has 0 N–H and O–H groups in total. The first-order valence-corrected chi connectivity index (χ1v) is 9.03. The van der Waals surface area contributed by atoms with Crippen LogP contribution in [0.15, 0.2) is 46.0 Å². The summed E-state index contributed by atoms with van der Waals surface area (Å²) in [6, 6.07) is 7.34. The van der Waals surface area contributed by atoms with Gasteiger partial charge in [0.1, 0.15) is 0 Å². The molecule has 0 saturated heterocycles. The lowest BCUT2D eigenvalue weighted by molar-refractivity contribution is 0.0955. The molecule has 104 valence electrons. The number of Topliss-reactive ketones (excluding diaryl/α,β-unsaturated/α-hetero) is 1. The molecule has 1 atom stereocenters. The Morgan fingerprint density at radius 1 is 1.15 bits per heavy atom. The Morgan fingerprint density at radius 2 is 1.75 bits per heavy atom. The molecule has 0 fully saturated rings. The van der Waals surface area contributed by atoms with Gasteiger partial charge in [-0.3, -0.25) is 9.59 Å². The lowest BCUT2D eigenvalue weighted by Crippen LogP contribution is -2.12. The van der Waals surface area contributed by atoms with Gasteiger partial charge in [-0.1, -0.05) is 19.1 Å². The number of allylic oxidation sites excluding steroid dienone is 2. The third-order valence-corrected chi connectivity index (χ3v) is 5.57. The Balaban J connectivity index is 2.19. The van der Waals surface area contributed by atoms with E-state index in [-0.39, 0.29) is 17.5 Å². The van der Waals surface area contributed by atoms with E-state index in [0.717, 1.165) is 9.78 Å². The van der Waals surface area contributed by atoms with E-state index in [9.17, 15) is 9.59 Å². The minimum absolute atomic E-state index is 0.0322. The Bertz CT molecular complexity index is 610. The number of hydrogen-bond acceptors (Lipinski definition) is 5. The zero-order chi connectivity index (χ0) is 14.5. The molecule has 2 heterocycles. The second-order valence-corrected chi connectivity index (χ2v) is 6.93. The molecule has 0 amide bonds. The maximum Gasteiger partial charge on any atom is 0.196 e. The third kappa shape index (κ3) is 3.48. The second kappa shape index (κ2) is 7.02. The number of carbonyl (C=O) groups is 2. The van der Waals surface area contributed by atoms with Crippen LogP contribution in [-0.4, -0.2) is 17.8 Å². The van der Waals surface area contributed by atoms with E-state index in [1.165, 1.54) is 34.4 Å². The van der Waals surface area contributed by atoms with Crippen LogP contribution in [0.3, 0.4) is 0 Å². The van der Waals surface area contributed by atoms with E-state index in [4.69, 9.17) is 0 Å². The van der Waals surface area contributed by atoms with Crippen LogP contribution in [0.1, 0.15) is 26.3 Å². The summed E-state index contributed by atoms with van der Waals surface area (Å²) in [6.45, 7) is 1.85. The van der Waals surface area contributed by atoms with Gasteiger partial charge in [-0.2, -0.15) is 0 Å². The van der Waals surface area contributed by atoms with Crippen molar-refractivity contribution in [2.45, 2.75) is 6.92 Å². The zero-order valence-corrected chi connectivity index (χ0v) is 13.6. The van der Waals surface area contributed by atoms with Crippen LogP contribution in [0.5, 0.6) is 0 Å². The largest absolute Gasteiger partial charge is 0.293 e. The van der Waals surface area contributed by atoms with Gasteiger partial charge in [0.2, 0.25) is 0 Å². The van der Waals surface area contributed by atoms with Crippen LogP contribution in [0.4, 0.5) is 0 Å². The van der Waals surface area contributed by atoms with Gasteiger partial charge >= 0.3 is 0 Å². The van der Waals surface area contributed by atoms with E-state index in [0.29, 0.717) is 4.88 Å². The molecule has 0 spiro atoms. The second-order valence-electron chi connectivity index (χ2n) is 4.16. The maximum absolute atomic E-state index is 12.3. The molecule has 2 rings (SSSR count). The summed E-state index contributed by atoms with van der Waals surface area (Å²) in [6.07, 6.45) is 3.48. The highest BCUT2D eigenvalue weighted by Crippen LogP contribution is 2.27. The van der Waals surface area contributed by atoms with Crippen molar-refractivity contribution in [2.75, 3.05) is 6.26 Å². The van der Waals surface area contributed by atoms with E-state index in [2.05, 4.69) is 0 Å². The molecule has 5 heteroatoms. The van der Waals surface area contributed by atoms with Crippen molar-refractivity contribution in [3.8, 4) is 0 Å². The van der Waals surface area contributed by atoms with Crippen molar-refractivity contribution in [3.05, 3.63) is 55.8 Å². The highest BCUT2D eigenvalue weighted by molar-refractivity contribution is 8.02. The number of carbonyl (C=O) groups excluding carboxylic acids is 2. The normalized spacial score (nSPS) is 13.2. The Hall–Kier alpha value is -1.17. The van der Waals surface area contributed by atoms with Crippen molar-refractivity contribution >= 4 is 46.0 Å². The SMILES string of the molecule is CS/C(=C/C(=O)c1cccs1)[C@@H](C)C(=O)c1cccs1. The molecular weight excluding hydrogens is 308 g/mol. The molecule has 0 unspecified atom stereocenters. The van der Waals surface area contributed by atoms with Crippen molar-refractivity contribution in [1.82, 2.24) is 0 Å². The molecule has 0 aliphatic carbocycles. The van der Waals surface area contributed by atoms with Gasteiger partial charge in [-0.15, -0.1) is 34.4 Å². The average molecular weight is 322 g/mol. The summed E-state index contributed by atoms with van der Waals surface area (Å²) in [7, 11) is 0. The third-order valence-electron chi connectivity index (χ3n) is 2.86. The van der Waals surface area contributed by atoms with E-state index < -0.39 is 0 Å². The minimum Gasteiger partial charge on any atom is -0.293 e. The molecule has 0 aromatic carbocycles. The van der Waals surface area contributed by atoms with Gasteiger partial charge in [0.25, 0.3) is 0 Å². The van der Waals surface area contributed by atoms with Gasteiger partial charge in [-0.05, 0) is 40.1 Å². The summed E-state index contributed by atoms with van der Waals surface area (Å²) in [5, 5.41) is 3.76. The molecule has 0 radical (unpaired) electrons. The first-order valence-electron chi connectivity index (χ1n) is 6.04. The summed E-state index contributed by atoms with van der Waals surface area (Å²) in [5.74, 6) is -0.248. The van der Waals surface area contributed by atoms with Gasteiger partial charge in [0.05, 0.1) is 15.7 Å². The fraction of sp³-hybridized carbons (Fsp3) is 0.200. The lowest BCUT2D eigenvalue weighted by Gasteiger charge is -2.11. The molecular formula is C15H14O2S3. The van der Waals surface area contributed by atoms with E-state index in [1.54, 1.807) is 12.1 Å². The van der Waals surface area contributed by atoms with E-state index in [1.807, 2.05) is 42.1 Å². The van der Waals surface area contributed by atoms with Crippen LogP contribution in [-0.2, 0) is 0 Å². The smallest absolute Gasteiger partial charge is 0.196 e. The first kappa shape index (κ1) is 15.2. The van der Waals surface area contributed by atoms with Crippen molar-refractivity contribution in [1.29, 1.82) is 0 Å². The molecule has 2 nitrogen and oxygen atoms in total. The molecule has 20 heavy (non-hydrogen) atoms. The fourth-order valence-corrected chi connectivity index (χ4v) is 3.82. The lowest BCUT2D eigenvalue weighted by atomic mass is 10.0. The maximum atomic E-state index is 12.3. The highest BCUT2D eigenvalue weighted by atomic mass is 32.2. The zero-order valence-electron chi connectivity index (χ0n) is 11.2. The summed E-state index contributed by atoms with van der Waals surface area (Å²) in [4.78, 5) is 26.7. The molecule has 2 aromatic rings. The van der Waals surface area contributed by atoms with Crippen LogP contribution < -0.4 is 0 Å². The monoisotopic (exact) mass is 322 g/mol. The highest BCUT2D eigenvalue weighted by Gasteiger charge is 2.21. The van der Waals surface area contributed by atoms with Crippen molar-refractivity contribution in [2.24, 2.45) is 5.92 Å². The molecule has 0 aliphatic rings. The van der Waals surface area contributed by atoms with Crippen molar-refractivity contribution < 1.29 is 9.59 Å². The predicted octanol–water partition coefficient (Wildman–Crippen LogP) is 4.76. The van der Waals surface area contributed by atoms with Crippen LogP contribution >= 0.6 is 34.4 Å². The molecule has 2 aromatic heterocycles. The van der Waals surface area contributed by atoms with Crippen LogP contribution in [0, 0.1) is 5.92 Å². The van der Waals surface area contributed by atoms with E-state index >= 15 is 0 Å². The predicted molar refractivity (Wildman–Crippen MR) is 88.1 cm³/mol. The first-order chi connectivity index (χ1) is 9.63. The number of thioether (sulfide) groups is 1. The molecule has 0 aliphatic heterocycles.